The molecule has 0 radical (unpaired) electrons. The van der Waals surface area contributed by atoms with Crippen LogP contribution in [0.15, 0.2) is 23.2 Å². The van der Waals surface area contributed by atoms with Crippen molar-refractivity contribution in [1.82, 2.24) is 20.4 Å². The molecule has 1 aromatic rings. The number of ether oxygens (including phenoxy) is 1. The van der Waals surface area contributed by atoms with Gasteiger partial charge >= 0.3 is 0 Å². The minimum absolute atomic E-state index is 0.0321. The molecule has 1 heterocycles. The van der Waals surface area contributed by atoms with Crippen molar-refractivity contribution >= 4 is 11.9 Å². The Kier molecular flexibility index (Phi) is 8.47. The fourth-order valence-electron chi connectivity index (χ4n) is 2.62. The lowest BCUT2D eigenvalue weighted by Crippen LogP contribution is -2.46. The van der Waals surface area contributed by atoms with Crippen molar-refractivity contribution in [3.8, 4) is 0 Å². The number of carbonyl (C=O) groups excluding carboxylic acids is 1. The van der Waals surface area contributed by atoms with Gasteiger partial charge in [0, 0.05) is 40.3 Å². The highest BCUT2D eigenvalue weighted by atomic mass is 19.1. The van der Waals surface area contributed by atoms with Gasteiger partial charge in [-0.05, 0) is 24.1 Å². The van der Waals surface area contributed by atoms with Gasteiger partial charge in [0.05, 0.1) is 26.3 Å². The van der Waals surface area contributed by atoms with Crippen molar-refractivity contribution in [1.29, 1.82) is 0 Å². The zero-order chi connectivity index (χ0) is 19.6. The van der Waals surface area contributed by atoms with Crippen LogP contribution >= 0.6 is 0 Å². The highest BCUT2D eigenvalue weighted by Gasteiger charge is 2.10. The monoisotopic (exact) mass is 379 g/mol. The first kappa shape index (κ1) is 21.1. The quantitative estimate of drug-likeness (QED) is 0.536. The van der Waals surface area contributed by atoms with Gasteiger partial charge in [0.2, 0.25) is 5.91 Å². The van der Waals surface area contributed by atoms with E-state index in [9.17, 15) is 9.18 Å². The smallest absolute Gasteiger partial charge is 0.241 e. The molecule has 1 fully saturated rings. The van der Waals surface area contributed by atoms with E-state index in [1.165, 1.54) is 11.0 Å². The molecule has 7 nitrogen and oxygen atoms in total. The molecule has 0 saturated carbocycles. The van der Waals surface area contributed by atoms with Gasteiger partial charge in [-0.3, -0.25) is 9.69 Å². The summed E-state index contributed by atoms with van der Waals surface area (Å²) in [6, 6.07) is 4.96. The molecule has 1 amide bonds. The average molecular weight is 379 g/mol. The number of nitrogens with one attached hydrogen (secondary N) is 2. The van der Waals surface area contributed by atoms with Crippen LogP contribution in [0.4, 0.5) is 4.39 Å². The topological polar surface area (TPSA) is 69.2 Å². The Morgan fingerprint density at radius 2 is 2.04 bits per heavy atom. The van der Waals surface area contributed by atoms with Crippen molar-refractivity contribution in [3.05, 3.63) is 35.1 Å². The van der Waals surface area contributed by atoms with Crippen LogP contribution in [-0.4, -0.2) is 81.7 Å². The predicted octanol–water partition coefficient (Wildman–Crippen LogP) is 0.590. The predicted molar refractivity (Wildman–Crippen MR) is 104 cm³/mol. The maximum Gasteiger partial charge on any atom is 0.241 e. The van der Waals surface area contributed by atoms with E-state index in [-0.39, 0.29) is 18.3 Å². The number of amides is 1. The van der Waals surface area contributed by atoms with E-state index in [2.05, 4.69) is 20.5 Å². The summed E-state index contributed by atoms with van der Waals surface area (Å²) in [6.45, 7) is 7.28. The van der Waals surface area contributed by atoms with Gasteiger partial charge in [-0.15, -0.1) is 0 Å². The van der Waals surface area contributed by atoms with E-state index in [1.54, 1.807) is 33.2 Å². The number of benzene rings is 1. The molecule has 8 heteroatoms. The number of nitrogens with zero attached hydrogens (tertiary/aromatic N) is 3. The van der Waals surface area contributed by atoms with Crippen LogP contribution in [0.5, 0.6) is 0 Å². The minimum atomic E-state index is -0.221. The molecule has 0 unspecified atom stereocenters. The Balaban J connectivity index is 1.92. The summed E-state index contributed by atoms with van der Waals surface area (Å²) in [6.07, 6.45) is 0. The van der Waals surface area contributed by atoms with Gasteiger partial charge in [-0.1, -0.05) is 12.1 Å². The molecular weight excluding hydrogens is 349 g/mol. The lowest BCUT2D eigenvalue weighted by Gasteiger charge is -2.26. The van der Waals surface area contributed by atoms with E-state index in [1.807, 2.05) is 0 Å². The second-order valence-electron chi connectivity index (χ2n) is 6.77. The van der Waals surface area contributed by atoms with E-state index >= 15 is 0 Å². The molecule has 27 heavy (non-hydrogen) atoms. The number of aliphatic imine (C=N–C) groups is 1. The van der Waals surface area contributed by atoms with Crippen LogP contribution in [0.3, 0.4) is 0 Å². The summed E-state index contributed by atoms with van der Waals surface area (Å²) in [7, 11) is 3.43. The van der Waals surface area contributed by atoms with Crippen molar-refractivity contribution in [3.63, 3.8) is 0 Å². The van der Waals surface area contributed by atoms with Crippen LogP contribution in [-0.2, 0) is 16.1 Å². The van der Waals surface area contributed by atoms with E-state index in [0.717, 1.165) is 38.4 Å². The Morgan fingerprint density at radius 1 is 1.30 bits per heavy atom. The normalized spacial score (nSPS) is 15.5. The molecular formula is C19H30FN5O2. The van der Waals surface area contributed by atoms with Gasteiger partial charge < -0.3 is 20.3 Å². The van der Waals surface area contributed by atoms with Gasteiger partial charge in [0.25, 0.3) is 0 Å². The summed E-state index contributed by atoms with van der Waals surface area (Å²) in [5.74, 6) is 0.317. The number of halogens is 1. The molecule has 1 aliphatic rings. The highest BCUT2D eigenvalue weighted by Crippen LogP contribution is 2.10. The molecule has 2 rings (SSSR count). The Hall–Kier alpha value is -2.19. The zero-order valence-corrected chi connectivity index (χ0v) is 16.4. The standard InChI is InChI=1S/C19H30FN5O2/c1-15-12-16(4-5-17(15)20)13-22-19(23-14-18(26)24(2)3)21-6-7-25-8-10-27-11-9-25/h4-5,12H,6-11,13-14H2,1-3H3,(H2,21,22,23). The van der Waals surface area contributed by atoms with Crippen LogP contribution < -0.4 is 10.6 Å². The minimum Gasteiger partial charge on any atom is -0.379 e. The Labute approximate surface area is 160 Å². The third-order valence-electron chi connectivity index (χ3n) is 4.37. The zero-order valence-electron chi connectivity index (χ0n) is 16.4. The number of morpholine rings is 1. The molecule has 2 N–H and O–H groups in total. The second kappa shape index (κ2) is 10.8. The summed E-state index contributed by atoms with van der Waals surface area (Å²) in [5.41, 5.74) is 1.52. The maximum absolute atomic E-state index is 13.4. The maximum atomic E-state index is 13.4. The fourth-order valence-corrected chi connectivity index (χ4v) is 2.62. The largest absolute Gasteiger partial charge is 0.379 e. The summed E-state index contributed by atoms with van der Waals surface area (Å²) in [5, 5.41) is 6.33. The lowest BCUT2D eigenvalue weighted by molar-refractivity contribution is -0.127. The van der Waals surface area contributed by atoms with E-state index in [0.29, 0.717) is 24.6 Å². The third-order valence-corrected chi connectivity index (χ3v) is 4.37. The number of aryl methyl sites for hydroxylation is 1. The van der Waals surface area contributed by atoms with Crippen molar-refractivity contribution in [2.45, 2.75) is 13.5 Å². The third kappa shape index (κ3) is 7.52. The molecule has 1 saturated heterocycles. The Bertz CT molecular complexity index is 645. The summed E-state index contributed by atoms with van der Waals surface area (Å²) in [4.78, 5) is 20.2. The molecule has 1 aliphatic heterocycles. The Morgan fingerprint density at radius 3 is 2.70 bits per heavy atom. The van der Waals surface area contributed by atoms with Crippen LogP contribution in [0.2, 0.25) is 0 Å². The fraction of sp³-hybridized carbons (Fsp3) is 0.579. The number of hydrogen-bond acceptors (Lipinski definition) is 4. The second-order valence-corrected chi connectivity index (χ2v) is 6.77. The number of rotatable bonds is 7. The van der Waals surface area contributed by atoms with Crippen molar-refractivity contribution in [2.75, 3.05) is 60.0 Å². The van der Waals surface area contributed by atoms with Crippen LogP contribution in [0.25, 0.3) is 0 Å². The first-order chi connectivity index (χ1) is 13.0. The van der Waals surface area contributed by atoms with E-state index < -0.39 is 0 Å². The molecule has 1 aromatic carbocycles. The number of guanidine groups is 1. The summed E-state index contributed by atoms with van der Waals surface area (Å²) >= 11 is 0. The number of hydrogen-bond donors (Lipinski definition) is 2. The average Bonchev–Trinajstić information content (AvgIpc) is 2.66. The first-order valence-electron chi connectivity index (χ1n) is 9.23. The van der Waals surface area contributed by atoms with Gasteiger partial charge in [0.15, 0.2) is 5.96 Å². The van der Waals surface area contributed by atoms with E-state index in [4.69, 9.17) is 4.74 Å². The van der Waals surface area contributed by atoms with Crippen LogP contribution in [0, 0.1) is 12.7 Å². The number of likely N-dealkylation sites (N-methyl/N-ethyl adjacent to an activating group) is 1. The highest BCUT2D eigenvalue weighted by molar-refractivity contribution is 5.86. The number of carbonyl (C=O) groups is 1. The molecule has 0 atom stereocenters. The van der Waals surface area contributed by atoms with Crippen molar-refractivity contribution in [2.24, 2.45) is 4.99 Å². The molecule has 0 bridgehead atoms. The molecule has 0 spiro atoms. The SMILES string of the molecule is Cc1cc(CN=C(NCCN2CCOCC2)NCC(=O)N(C)C)ccc1F. The van der Waals surface area contributed by atoms with Gasteiger partial charge in [-0.2, -0.15) is 0 Å². The lowest BCUT2D eigenvalue weighted by atomic mass is 10.1. The van der Waals surface area contributed by atoms with Crippen molar-refractivity contribution < 1.29 is 13.9 Å². The first-order valence-corrected chi connectivity index (χ1v) is 9.23. The molecule has 0 aromatic heterocycles. The molecule has 0 aliphatic carbocycles. The molecule has 150 valence electrons. The summed E-state index contributed by atoms with van der Waals surface area (Å²) < 4.78 is 18.8. The van der Waals surface area contributed by atoms with Crippen LogP contribution in [0.1, 0.15) is 11.1 Å². The van der Waals surface area contributed by atoms with Gasteiger partial charge in [0.1, 0.15) is 5.82 Å². The van der Waals surface area contributed by atoms with Gasteiger partial charge in [-0.25, -0.2) is 9.38 Å².